The fourth-order valence-corrected chi connectivity index (χ4v) is 1.76. The van der Waals surface area contributed by atoms with Gasteiger partial charge in [0.1, 0.15) is 0 Å². The summed E-state index contributed by atoms with van der Waals surface area (Å²) in [6, 6.07) is 1.53. The van der Waals surface area contributed by atoms with Crippen LogP contribution in [0.15, 0.2) is 22.4 Å². The zero-order chi connectivity index (χ0) is 7.84. The molecular formula is C7H6N2OS. The minimum absolute atomic E-state index is 0.162. The highest BCUT2D eigenvalue weighted by Gasteiger charge is 1.97. The molecule has 0 unspecified atom stereocenters. The first kappa shape index (κ1) is 6.54. The van der Waals surface area contributed by atoms with Crippen LogP contribution in [0.3, 0.4) is 0 Å². The smallest absolute Gasteiger partial charge is 0.274 e. The highest BCUT2D eigenvalue weighted by Crippen LogP contribution is 2.07. The van der Waals surface area contributed by atoms with Crippen molar-refractivity contribution in [3.63, 3.8) is 0 Å². The van der Waals surface area contributed by atoms with E-state index in [-0.39, 0.29) is 5.56 Å². The van der Waals surface area contributed by atoms with Gasteiger partial charge >= 0.3 is 0 Å². The third kappa shape index (κ3) is 0.952. The van der Waals surface area contributed by atoms with Crippen molar-refractivity contribution in [3.8, 4) is 0 Å². The molecule has 56 valence electrons. The van der Waals surface area contributed by atoms with Gasteiger partial charge < -0.3 is 0 Å². The zero-order valence-corrected chi connectivity index (χ0v) is 6.76. The van der Waals surface area contributed by atoms with E-state index in [4.69, 9.17) is 0 Å². The van der Waals surface area contributed by atoms with Crippen molar-refractivity contribution in [1.29, 1.82) is 0 Å². The van der Waals surface area contributed by atoms with Crippen molar-refractivity contribution in [3.05, 3.63) is 33.7 Å². The Bertz CT molecular complexity index is 443. The molecule has 2 rings (SSSR count). The van der Waals surface area contributed by atoms with E-state index in [9.17, 15) is 4.79 Å². The van der Waals surface area contributed by atoms with E-state index < -0.39 is 0 Å². The van der Waals surface area contributed by atoms with Gasteiger partial charge in [0.2, 0.25) is 0 Å². The molecule has 2 aromatic heterocycles. The lowest BCUT2D eigenvalue weighted by molar-refractivity contribution is 1.04. The molecule has 0 amide bonds. The van der Waals surface area contributed by atoms with Gasteiger partial charge in [-0.3, -0.25) is 9.20 Å². The fourth-order valence-electron chi connectivity index (χ4n) is 0.996. The average Bonchev–Trinajstić information content (AvgIpc) is 2.34. The molecule has 3 nitrogen and oxygen atoms in total. The Morgan fingerprint density at radius 1 is 1.64 bits per heavy atom. The van der Waals surface area contributed by atoms with Crippen molar-refractivity contribution >= 4 is 16.3 Å². The Balaban J connectivity index is 3.02. The molecule has 11 heavy (non-hydrogen) atoms. The second-order valence-corrected chi connectivity index (χ2v) is 3.16. The van der Waals surface area contributed by atoms with Crippen LogP contribution in [-0.2, 0) is 0 Å². The number of hydrogen-bond donors (Lipinski definition) is 0. The zero-order valence-electron chi connectivity index (χ0n) is 5.94. The lowest BCUT2D eigenvalue weighted by Gasteiger charge is -1.94. The molecule has 0 radical (unpaired) electrons. The van der Waals surface area contributed by atoms with Crippen LogP contribution in [0.1, 0.15) is 5.69 Å². The maximum atomic E-state index is 10.9. The predicted molar refractivity (Wildman–Crippen MR) is 44.1 cm³/mol. The van der Waals surface area contributed by atoms with E-state index in [1.165, 1.54) is 17.4 Å². The summed E-state index contributed by atoms with van der Waals surface area (Å²) in [7, 11) is 0. The minimum Gasteiger partial charge on any atom is -0.296 e. The molecular weight excluding hydrogens is 160 g/mol. The summed E-state index contributed by atoms with van der Waals surface area (Å²) in [5, 5.41) is 1.91. The molecule has 0 fully saturated rings. The third-order valence-electron chi connectivity index (χ3n) is 1.51. The number of thiazole rings is 1. The van der Waals surface area contributed by atoms with Gasteiger partial charge in [-0.05, 0) is 6.92 Å². The molecule has 4 heteroatoms. The first-order chi connectivity index (χ1) is 5.27. The average molecular weight is 166 g/mol. The van der Waals surface area contributed by atoms with Gasteiger partial charge in [-0.2, -0.15) is 4.98 Å². The molecule has 0 aliphatic rings. The second kappa shape index (κ2) is 2.17. The van der Waals surface area contributed by atoms with Gasteiger partial charge in [-0.15, -0.1) is 11.3 Å². The monoisotopic (exact) mass is 166 g/mol. The van der Waals surface area contributed by atoms with E-state index in [2.05, 4.69) is 4.98 Å². The Morgan fingerprint density at radius 2 is 2.45 bits per heavy atom. The van der Waals surface area contributed by atoms with Gasteiger partial charge in [0.25, 0.3) is 5.56 Å². The number of aryl methyl sites for hydroxylation is 1. The van der Waals surface area contributed by atoms with Crippen LogP contribution in [0.4, 0.5) is 0 Å². The fraction of sp³-hybridized carbons (Fsp3) is 0.143. The first-order valence-corrected chi connectivity index (χ1v) is 4.09. The summed E-state index contributed by atoms with van der Waals surface area (Å²) in [6.45, 7) is 1.89. The molecule has 0 aliphatic carbocycles. The molecule has 0 N–H and O–H groups in total. The highest BCUT2D eigenvalue weighted by molar-refractivity contribution is 7.15. The Hall–Kier alpha value is -1.16. The van der Waals surface area contributed by atoms with Crippen molar-refractivity contribution in [2.24, 2.45) is 0 Å². The van der Waals surface area contributed by atoms with Crippen molar-refractivity contribution in [2.45, 2.75) is 6.92 Å². The molecule has 0 spiro atoms. The quantitative estimate of drug-likeness (QED) is 0.586. The number of nitrogens with zero attached hydrogens (tertiary/aromatic N) is 2. The van der Waals surface area contributed by atoms with Crippen LogP contribution in [0.25, 0.3) is 4.96 Å². The standard InChI is InChI=1S/C7H6N2OS/c1-5-4-6(10)8-7-9(5)2-3-11-7/h2-4H,1H3. The third-order valence-corrected chi connectivity index (χ3v) is 2.26. The number of fused-ring (bicyclic) bond motifs is 1. The first-order valence-electron chi connectivity index (χ1n) is 3.21. The Labute approximate surface area is 66.9 Å². The maximum Gasteiger partial charge on any atom is 0.274 e. The highest BCUT2D eigenvalue weighted by atomic mass is 32.1. The van der Waals surface area contributed by atoms with Crippen LogP contribution in [0.5, 0.6) is 0 Å². The van der Waals surface area contributed by atoms with Gasteiger partial charge in [-0.1, -0.05) is 0 Å². The second-order valence-electron chi connectivity index (χ2n) is 2.29. The van der Waals surface area contributed by atoms with Crippen LogP contribution >= 0.6 is 11.3 Å². The van der Waals surface area contributed by atoms with Crippen molar-refractivity contribution in [1.82, 2.24) is 9.38 Å². The lowest BCUT2D eigenvalue weighted by atomic mass is 10.4. The molecule has 0 bridgehead atoms. The van der Waals surface area contributed by atoms with Crippen molar-refractivity contribution < 1.29 is 0 Å². The summed E-state index contributed by atoms with van der Waals surface area (Å²) in [6.07, 6.45) is 1.90. The van der Waals surface area contributed by atoms with E-state index in [1.807, 2.05) is 22.9 Å². The largest absolute Gasteiger partial charge is 0.296 e. The lowest BCUT2D eigenvalue weighted by Crippen LogP contribution is -2.07. The van der Waals surface area contributed by atoms with E-state index in [1.54, 1.807) is 0 Å². The SMILES string of the molecule is Cc1cc(=O)nc2sccn12. The molecule has 0 aliphatic heterocycles. The summed E-state index contributed by atoms with van der Waals surface area (Å²) < 4.78 is 1.89. The number of aromatic nitrogens is 2. The van der Waals surface area contributed by atoms with E-state index in [0.717, 1.165) is 10.7 Å². The summed E-state index contributed by atoms with van der Waals surface area (Å²) in [4.78, 5) is 15.5. The minimum atomic E-state index is -0.162. The van der Waals surface area contributed by atoms with E-state index >= 15 is 0 Å². The Morgan fingerprint density at radius 3 is 3.27 bits per heavy atom. The molecule has 2 heterocycles. The van der Waals surface area contributed by atoms with Gasteiger partial charge in [0.05, 0.1) is 0 Å². The summed E-state index contributed by atoms with van der Waals surface area (Å²) >= 11 is 1.47. The predicted octanol–water partition coefficient (Wildman–Crippen LogP) is 1.06. The van der Waals surface area contributed by atoms with Crippen LogP contribution < -0.4 is 5.56 Å². The molecule has 2 aromatic rings. The molecule has 0 atom stereocenters. The van der Waals surface area contributed by atoms with Gasteiger partial charge in [-0.25, -0.2) is 0 Å². The van der Waals surface area contributed by atoms with Gasteiger partial charge in [0, 0.05) is 23.3 Å². The van der Waals surface area contributed by atoms with Crippen molar-refractivity contribution in [2.75, 3.05) is 0 Å². The molecule has 0 saturated heterocycles. The number of hydrogen-bond acceptors (Lipinski definition) is 3. The molecule has 0 aromatic carbocycles. The van der Waals surface area contributed by atoms with Crippen LogP contribution in [0, 0.1) is 6.92 Å². The Kier molecular flexibility index (Phi) is 1.29. The number of rotatable bonds is 0. The normalized spacial score (nSPS) is 10.6. The molecule has 0 saturated carbocycles. The maximum absolute atomic E-state index is 10.9. The van der Waals surface area contributed by atoms with Gasteiger partial charge in [0.15, 0.2) is 4.96 Å². The van der Waals surface area contributed by atoms with E-state index in [0.29, 0.717) is 0 Å². The summed E-state index contributed by atoms with van der Waals surface area (Å²) in [5.74, 6) is 0. The topological polar surface area (TPSA) is 34.4 Å². The summed E-state index contributed by atoms with van der Waals surface area (Å²) in [5.41, 5.74) is 0.770. The van der Waals surface area contributed by atoms with Crippen LogP contribution in [0.2, 0.25) is 0 Å². The van der Waals surface area contributed by atoms with Crippen LogP contribution in [-0.4, -0.2) is 9.38 Å².